The molecule has 1 fully saturated rings. The van der Waals surface area contributed by atoms with E-state index in [4.69, 9.17) is 14.2 Å². The number of amides is 1. The molecular formula is C20H24N2O6S. The van der Waals surface area contributed by atoms with Crippen molar-refractivity contribution in [3.05, 3.63) is 54.1 Å². The smallest absolute Gasteiger partial charge is 0.254 e. The van der Waals surface area contributed by atoms with Crippen LogP contribution < -0.4 is 14.8 Å². The monoisotopic (exact) mass is 420 g/mol. The first-order valence-electron chi connectivity index (χ1n) is 9.27. The van der Waals surface area contributed by atoms with Gasteiger partial charge in [0.2, 0.25) is 10.0 Å². The van der Waals surface area contributed by atoms with Gasteiger partial charge in [-0.2, -0.15) is 4.31 Å². The van der Waals surface area contributed by atoms with Crippen molar-refractivity contribution in [2.45, 2.75) is 4.90 Å². The number of sulfonamides is 1. The fourth-order valence-electron chi connectivity index (χ4n) is 2.87. The van der Waals surface area contributed by atoms with Crippen LogP contribution in [0, 0.1) is 0 Å². The molecule has 156 valence electrons. The highest BCUT2D eigenvalue weighted by Gasteiger charge is 2.26. The number of benzene rings is 2. The molecule has 3 rings (SSSR count). The number of hydrogen-bond acceptors (Lipinski definition) is 6. The molecule has 9 heteroatoms. The van der Waals surface area contributed by atoms with Crippen LogP contribution in [0.2, 0.25) is 0 Å². The molecule has 1 N–H and O–H groups in total. The van der Waals surface area contributed by atoms with E-state index in [1.54, 1.807) is 43.4 Å². The SMILES string of the molecule is CNC(=O)c1ccccc1OCCOc1ccc(S(=O)(=O)N2CCOCC2)cc1. The lowest BCUT2D eigenvalue weighted by atomic mass is 10.2. The van der Waals surface area contributed by atoms with Crippen molar-refractivity contribution in [3.8, 4) is 11.5 Å². The number of morpholine rings is 1. The molecule has 0 atom stereocenters. The van der Waals surface area contributed by atoms with Gasteiger partial charge in [-0.3, -0.25) is 4.79 Å². The van der Waals surface area contributed by atoms with Gasteiger partial charge < -0.3 is 19.5 Å². The van der Waals surface area contributed by atoms with Gasteiger partial charge in [0.1, 0.15) is 24.7 Å². The number of nitrogens with one attached hydrogen (secondary N) is 1. The van der Waals surface area contributed by atoms with E-state index in [2.05, 4.69) is 5.32 Å². The van der Waals surface area contributed by atoms with E-state index < -0.39 is 10.0 Å². The first-order chi connectivity index (χ1) is 14.0. The maximum Gasteiger partial charge on any atom is 0.254 e. The summed E-state index contributed by atoms with van der Waals surface area (Å²) in [7, 11) is -1.96. The van der Waals surface area contributed by atoms with Crippen LogP contribution in [0.1, 0.15) is 10.4 Å². The average molecular weight is 420 g/mol. The zero-order valence-corrected chi connectivity index (χ0v) is 17.0. The third kappa shape index (κ3) is 5.26. The molecule has 0 bridgehead atoms. The van der Waals surface area contributed by atoms with Crippen LogP contribution in [0.5, 0.6) is 11.5 Å². The van der Waals surface area contributed by atoms with Crippen molar-refractivity contribution < 1.29 is 27.4 Å². The number of para-hydroxylation sites is 1. The summed E-state index contributed by atoms with van der Waals surface area (Å²) >= 11 is 0. The van der Waals surface area contributed by atoms with Crippen LogP contribution in [-0.2, 0) is 14.8 Å². The second-order valence-corrected chi connectivity index (χ2v) is 8.20. The van der Waals surface area contributed by atoms with Crippen LogP contribution >= 0.6 is 0 Å². The molecule has 29 heavy (non-hydrogen) atoms. The van der Waals surface area contributed by atoms with E-state index in [0.29, 0.717) is 43.4 Å². The Kier molecular flexibility index (Phi) is 7.08. The quantitative estimate of drug-likeness (QED) is 0.651. The predicted molar refractivity (Wildman–Crippen MR) is 107 cm³/mol. The summed E-state index contributed by atoms with van der Waals surface area (Å²) in [4.78, 5) is 12.1. The van der Waals surface area contributed by atoms with Crippen molar-refractivity contribution in [1.82, 2.24) is 9.62 Å². The molecule has 0 radical (unpaired) electrons. The highest BCUT2D eigenvalue weighted by Crippen LogP contribution is 2.21. The first kappa shape index (κ1) is 21.1. The molecule has 1 amide bonds. The van der Waals surface area contributed by atoms with Crippen molar-refractivity contribution in [3.63, 3.8) is 0 Å². The van der Waals surface area contributed by atoms with E-state index in [0.717, 1.165) is 0 Å². The summed E-state index contributed by atoms with van der Waals surface area (Å²) in [6.07, 6.45) is 0. The Morgan fingerprint density at radius 3 is 2.38 bits per heavy atom. The van der Waals surface area contributed by atoms with Gasteiger partial charge in [-0.25, -0.2) is 8.42 Å². The molecule has 2 aromatic carbocycles. The highest BCUT2D eigenvalue weighted by molar-refractivity contribution is 7.89. The number of rotatable bonds is 8. The number of ether oxygens (including phenoxy) is 3. The third-order valence-electron chi connectivity index (χ3n) is 4.40. The molecule has 0 aromatic heterocycles. The Balaban J connectivity index is 1.53. The number of hydrogen-bond donors (Lipinski definition) is 1. The molecule has 0 saturated carbocycles. The average Bonchev–Trinajstić information content (AvgIpc) is 2.77. The molecule has 0 unspecified atom stereocenters. The normalized spacial score (nSPS) is 14.9. The van der Waals surface area contributed by atoms with Crippen molar-refractivity contribution >= 4 is 15.9 Å². The van der Waals surface area contributed by atoms with Crippen molar-refractivity contribution in [1.29, 1.82) is 0 Å². The molecule has 0 spiro atoms. The van der Waals surface area contributed by atoms with Gasteiger partial charge in [-0.05, 0) is 36.4 Å². The van der Waals surface area contributed by atoms with Gasteiger partial charge in [-0.1, -0.05) is 12.1 Å². The number of nitrogens with zero attached hydrogens (tertiary/aromatic N) is 1. The Bertz CT molecular complexity index is 924. The lowest BCUT2D eigenvalue weighted by Gasteiger charge is -2.26. The zero-order valence-electron chi connectivity index (χ0n) is 16.2. The van der Waals surface area contributed by atoms with E-state index >= 15 is 0 Å². The molecule has 1 heterocycles. The van der Waals surface area contributed by atoms with Crippen molar-refractivity contribution in [2.75, 3.05) is 46.6 Å². The molecule has 2 aromatic rings. The van der Waals surface area contributed by atoms with E-state index in [1.807, 2.05) is 0 Å². The maximum atomic E-state index is 12.6. The Hall–Kier alpha value is -2.62. The fraction of sp³-hybridized carbons (Fsp3) is 0.350. The minimum Gasteiger partial charge on any atom is -0.490 e. The number of carbonyl (C=O) groups excluding carboxylic acids is 1. The van der Waals surface area contributed by atoms with E-state index in [1.165, 1.54) is 16.4 Å². The van der Waals surface area contributed by atoms with Gasteiger partial charge in [0.25, 0.3) is 5.91 Å². The highest BCUT2D eigenvalue weighted by atomic mass is 32.2. The lowest BCUT2D eigenvalue weighted by molar-refractivity contribution is 0.0730. The summed E-state index contributed by atoms with van der Waals surface area (Å²) < 4.78 is 43.1. The minimum absolute atomic E-state index is 0.224. The number of carbonyl (C=O) groups is 1. The van der Waals surface area contributed by atoms with Gasteiger partial charge in [-0.15, -0.1) is 0 Å². The predicted octanol–water partition coefficient (Wildman–Crippen LogP) is 1.52. The molecule has 1 saturated heterocycles. The van der Waals surface area contributed by atoms with Crippen LogP contribution in [-0.4, -0.2) is 65.2 Å². The van der Waals surface area contributed by atoms with Crippen molar-refractivity contribution in [2.24, 2.45) is 0 Å². The zero-order chi connectivity index (χ0) is 20.7. The second-order valence-electron chi connectivity index (χ2n) is 6.26. The van der Waals surface area contributed by atoms with Gasteiger partial charge in [0.05, 0.1) is 23.7 Å². The molecule has 0 aliphatic carbocycles. The standard InChI is InChI=1S/C20H24N2O6S/c1-21-20(23)18-4-2-3-5-19(18)28-15-14-27-16-6-8-17(9-7-16)29(24,25)22-10-12-26-13-11-22/h2-9H,10-15H2,1H3,(H,21,23). The van der Waals surface area contributed by atoms with Crippen LogP contribution in [0.15, 0.2) is 53.4 Å². The second kappa shape index (κ2) is 9.73. The van der Waals surface area contributed by atoms with Gasteiger partial charge in [0.15, 0.2) is 0 Å². The summed E-state index contributed by atoms with van der Waals surface area (Å²) in [6.45, 7) is 2.01. The summed E-state index contributed by atoms with van der Waals surface area (Å²) in [5, 5.41) is 2.57. The lowest BCUT2D eigenvalue weighted by Crippen LogP contribution is -2.40. The Labute approximate surface area is 170 Å². The van der Waals surface area contributed by atoms with Crippen LogP contribution in [0.3, 0.4) is 0 Å². The Morgan fingerprint density at radius 1 is 1.03 bits per heavy atom. The molecule has 8 nitrogen and oxygen atoms in total. The summed E-state index contributed by atoms with van der Waals surface area (Å²) in [5.74, 6) is 0.787. The third-order valence-corrected chi connectivity index (χ3v) is 6.31. The Morgan fingerprint density at radius 2 is 1.69 bits per heavy atom. The van der Waals surface area contributed by atoms with E-state index in [9.17, 15) is 13.2 Å². The van der Waals surface area contributed by atoms with Gasteiger partial charge in [0, 0.05) is 20.1 Å². The van der Waals surface area contributed by atoms with Gasteiger partial charge >= 0.3 is 0 Å². The molecular weight excluding hydrogens is 396 g/mol. The minimum atomic E-state index is -3.52. The first-order valence-corrected chi connectivity index (χ1v) is 10.7. The largest absolute Gasteiger partial charge is 0.490 e. The maximum absolute atomic E-state index is 12.6. The summed E-state index contributed by atoms with van der Waals surface area (Å²) in [6, 6.07) is 13.2. The topological polar surface area (TPSA) is 94.2 Å². The van der Waals surface area contributed by atoms with Crippen LogP contribution in [0.25, 0.3) is 0 Å². The van der Waals surface area contributed by atoms with E-state index in [-0.39, 0.29) is 24.0 Å². The molecule has 1 aliphatic rings. The van der Waals surface area contributed by atoms with Crippen LogP contribution in [0.4, 0.5) is 0 Å². The summed E-state index contributed by atoms with van der Waals surface area (Å²) in [5.41, 5.74) is 0.452. The fourth-order valence-corrected chi connectivity index (χ4v) is 4.28. The molecule has 1 aliphatic heterocycles.